The summed E-state index contributed by atoms with van der Waals surface area (Å²) in [4.78, 5) is 6.17. The summed E-state index contributed by atoms with van der Waals surface area (Å²) in [6, 6.07) is 12.1. The fraction of sp³-hybridized carbons (Fsp3) is 0.154. The van der Waals surface area contributed by atoms with Crippen LogP contribution in [0.4, 0.5) is 11.5 Å². The van der Waals surface area contributed by atoms with Crippen molar-refractivity contribution in [2.45, 2.75) is 6.54 Å². The molecule has 0 fully saturated rings. The van der Waals surface area contributed by atoms with E-state index in [-0.39, 0.29) is 0 Å². The summed E-state index contributed by atoms with van der Waals surface area (Å²) in [6.45, 7) is 0.809. The van der Waals surface area contributed by atoms with Gasteiger partial charge in [-0.05, 0) is 29.8 Å². The number of hydrogen-bond donors (Lipinski definition) is 1. The van der Waals surface area contributed by atoms with Crippen molar-refractivity contribution in [1.29, 1.82) is 0 Å². The molecule has 2 rings (SSSR count). The van der Waals surface area contributed by atoms with Crippen LogP contribution in [0.25, 0.3) is 0 Å². The molecule has 1 aromatic heterocycles. The van der Waals surface area contributed by atoms with Gasteiger partial charge in [-0.1, -0.05) is 28.1 Å². The molecule has 1 aromatic carbocycles. The average molecular weight is 292 g/mol. The minimum absolute atomic E-state index is 0.562. The van der Waals surface area contributed by atoms with Gasteiger partial charge in [-0.3, -0.25) is 0 Å². The molecule has 0 bridgehead atoms. The Balaban J connectivity index is 2.14. The highest BCUT2D eigenvalue weighted by molar-refractivity contribution is 9.10. The van der Waals surface area contributed by atoms with Crippen molar-refractivity contribution in [3.63, 3.8) is 0 Å². The number of nitrogen functional groups attached to an aromatic ring is 1. The molecule has 2 N–H and O–H groups in total. The molecular weight excluding hydrogens is 278 g/mol. The molecule has 0 spiro atoms. The molecule has 3 nitrogen and oxygen atoms in total. The maximum atomic E-state index is 5.84. The van der Waals surface area contributed by atoms with Crippen molar-refractivity contribution in [3.05, 3.63) is 52.6 Å². The van der Waals surface area contributed by atoms with Crippen molar-refractivity contribution in [3.8, 4) is 0 Å². The minimum atomic E-state index is 0.562. The monoisotopic (exact) mass is 291 g/mol. The van der Waals surface area contributed by atoms with Crippen LogP contribution < -0.4 is 10.6 Å². The molecule has 0 aliphatic heterocycles. The van der Waals surface area contributed by atoms with Gasteiger partial charge in [0.25, 0.3) is 0 Å². The molecule has 4 heteroatoms. The summed E-state index contributed by atoms with van der Waals surface area (Å²) in [6.07, 6.45) is 1.70. The highest BCUT2D eigenvalue weighted by Gasteiger charge is 2.05. The van der Waals surface area contributed by atoms with Gasteiger partial charge in [0.2, 0.25) is 0 Å². The Hall–Kier alpha value is -1.55. The Labute approximate surface area is 109 Å². The first-order valence-corrected chi connectivity index (χ1v) is 6.12. The zero-order valence-corrected chi connectivity index (χ0v) is 11.2. The second-order valence-electron chi connectivity index (χ2n) is 3.89. The van der Waals surface area contributed by atoms with Gasteiger partial charge in [0.1, 0.15) is 5.82 Å². The van der Waals surface area contributed by atoms with E-state index in [4.69, 9.17) is 5.73 Å². The summed E-state index contributed by atoms with van der Waals surface area (Å²) in [5.74, 6) is 0.562. The molecule has 0 aliphatic carbocycles. The molecule has 0 saturated heterocycles. The van der Waals surface area contributed by atoms with E-state index in [2.05, 4.69) is 37.9 Å². The molecule has 0 saturated carbocycles. The Morgan fingerprint density at radius 3 is 2.59 bits per heavy atom. The average Bonchev–Trinajstić information content (AvgIpc) is 2.32. The third-order valence-electron chi connectivity index (χ3n) is 2.56. The van der Waals surface area contributed by atoms with E-state index < -0.39 is 0 Å². The number of rotatable bonds is 3. The van der Waals surface area contributed by atoms with Crippen LogP contribution in [-0.2, 0) is 6.54 Å². The molecule has 0 atom stereocenters. The second-order valence-corrected chi connectivity index (χ2v) is 4.81. The quantitative estimate of drug-likeness (QED) is 0.945. The van der Waals surface area contributed by atoms with E-state index >= 15 is 0 Å². The molecule has 1 heterocycles. The summed E-state index contributed by atoms with van der Waals surface area (Å²) < 4.78 is 1.09. The van der Waals surface area contributed by atoms with Crippen molar-refractivity contribution in [2.24, 2.45) is 0 Å². The van der Waals surface area contributed by atoms with Crippen LogP contribution in [0.2, 0.25) is 0 Å². The topological polar surface area (TPSA) is 42.2 Å². The highest BCUT2D eigenvalue weighted by atomic mass is 79.9. The predicted molar refractivity (Wildman–Crippen MR) is 74.9 cm³/mol. The second kappa shape index (κ2) is 5.19. The third kappa shape index (κ3) is 2.97. The van der Waals surface area contributed by atoms with Crippen LogP contribution in [0.15, 0.2) is 47.1 Å². The Morgan fingerprint density at radius 2 is 1.94 bits per heavy atom. The van der Waals surface area contributed by atoms with E-state index in [0.29, 0.717) is 5.82 Å². The van der Waals surface area contributed by atoms with Crippen LogP contribution >= 0.6 is 15.9 Å². The van der Waals surface area contributed by atoms with Crippen molar-refractivity contribution >= 4 is 27.4 Å². The number of pyridine rings is 1. The smallest absolute Gasteiger partial charge is 0.146 e. The normalized spacial score (nSPS) is 10.2. The van der Waals surface area contributed by atoms with Gasteiger partial charge in [0.05, 0.1) is 5.69 Å². The zero-order chi connectivity index (χ0) is 12.3. The lowest BCUT2D eigenvalue weighted by molar-refractivity contribution is 0.920. The summed E-state index contributed by atoms with van der Waals surface area (Å²) >= 11 is 3.42. The van der Waals surface area contributed by atoms with Crippen LogP contribution in [-0.4, -0.2) is 12.0 Å². The van der Waals surface area contributed by atoms with E-state index in [1.807, 2.05) is 31.3 Å². The molecule has 0 aliphatic rings. The first-order chi connectivity index (χ1) is 8.16. The maximum Gasteiger partial charge on any atom is 0.146 e. The fourth-order valence-electron chi connectivity index (χ4n) is 1.68. The Bertz CT molecular complexity index is 496. The summed E-state index contributed by atoms with van der Waals surface area (Å²) in [5, 5.41) is 0. The lowest BCUT2D eigenvalue weighted by atomic mass is 10.2. The highest BCUT2D eigenvalue weighted by Crippen LogP contribution is 2.21. The molecule has 0 amide bonds. The van der Waals surface area contributed by atoms with E-state index in [0.717, 1.165) is 16.7 Å². The maximum absolute atomic E-state index is 5.84. The fourth-order valence-corrected chi connectivity index (χ4v) is 1.94. The number of nitrogens with zero attached hydrogens (tertiary/aromatic N) is 2. The molecule has 88 valence electrons. The number of nitrogens with two attached hydrogens (primary N) is 1. The number of anilines is 2. The van der Waals surface area contributed by atoms with E-state index in [1.54, 1.807) is 6.20 Å². The third-order valence-corrected chi connectivity index (χ3v) is 3.09. The molecule has 2 aromatic rings. The number of halogens is 1. The first kappa shape index (κ1) is 11.9. The van der Waals surface area contributed by atoms with Gasteiger partial charge in [-0.2, -0.15) is 0 Å². The predicted octanol–water partition coefficient (Wildman–Crippen LogP) is 3.06. The molecule has 17 heavy (non-hydrogen) atoms. The van der Waals surface area contributed by atoms with E-state index in [9.17, 15) is 0 Å². The number of benzene rings is 1. The lowest BCUT2D eigenvalue weighted by Crippen LogP contribution is -2.18. The SMILES string of the molecule is CN(Cc1ccc(Br)cc1)c1cccnc1N. The first-order valence-electron chi connectivity index (χ1n) is 5.33. The Morgan fingerprint density at radius 1 is 1.24 bits per heavy atom. The van der Waals surface area contributed by atoms with Crippen LogP contribution in [0.5, 0.6) is 0 Å². The van der Waals surface area contributed by atoms with Gasteiger partial charge >= 0.3 is 0 Å². The van der Waals surface area contributed by atoms with Crippen molar-refractivity contribution in [1.82, 2.24) is 4.98 Å². The van der Waals surface area contributed by atoms with Crippen LogP contribution in [0.3, 0.4) is 0 Å². The molecular formula is C13H14BrN3. The molecule has 0 radical (unpaired) electrons. The number of aromatic nitrogens is 1. The van der Waals surface area contributed by atoms with Gasteiger partial charge in [-0.25, -0.2) is 4.98 Å². The number of hydrogen-bond acceptors (Lipinski definition) is 3. The molecule has 0 unspecified atom stereocenters. The van der Waals surface area contributed by atoms with Crippen molar-refractivity contribution in [2.75, 3.05) is 17.7 Å². The Kier molecular flexibility index (Phi) is 3.64. The van der Waals surface area contributed by atoms with E-state index in [1.165, 1.54) is 5.56 Å². The summed E-state index contributed by atoms with van der Waals surface area (Å²) in [7, 11) is 2.01. The van der Waals surface area contributed by atoms with Gasteiger partial charge in [0.15, 0.2) is 0 Å². The van der Waals surface area contributed by atoms with Crippen LogP contribution in [0.1, 0.15) is 5.56 Å². The van der Waals surface area contributed by atoms with Crippen LogP contribution in [0, 0.1) is 0 Å². The van der Waals surface area contributed by atoms with Crippen molar-refractivity contribution < 1.29 is 0 Å². The zero-order valence-electron chi connectivity index (χ0n) is 9.60. The largest absolute Gasteiger partial charge is 0.382 e. The lowest BCUT2D eigenvalue weighted by Gasteiger charge is -2.20. The van der Waals surface area contributed by atoms with Gasteiger partial charge in [-0.15, -0.1) is 0 Å². The summed E-state index contributed by atoms with van der Waals surface area (Å²) in [5.41, 5.74) is 8.03. The van der Waals surface area contributed by atoms with Gasteiger partial charge in [0, 0.05) is 24.3 Å². The standard InChI is InChI=1S/C13H14BrN3/c1-17(12-3-2-8-16-13(12)15)9-10-4-6-11(14)7-5-10/h2-8H,9H2,1H3,(H2,15,16). The minimum Gasteiger partial charge on any atom is -0.382 e. The van der Waals surface area contributed by atoms with Gasteiger partial charge < -0.3 is 10.6 Å².